The fourth-order valence-corrected chi connectivity index (χ4v) is 2.01. The number of hydrogen-bond donors (Lipinski definition) is 0. The molecule has 8 heavy (non-hydrogen) atoms. The number of hydrogen-bond acceptors (Lipinski definition) is 2. The van der Waals surface area contributed by atoms with Crippen molar-refractivity contribution in [3.63, 3.8) is 0 Å². The van der Waals surface area contributed by atoms with E-state index in [0.717, 1.165) is 18.5 Å². The molecule has 1 atom stereocenters. The van der Waals surface area contributed by atoms with Gasteiger partial charge in [-0.25, -0.2) is 0 Å². The van der Waals surface area contributed by atoms with Gasteiger partial charge in [0.1, 0.15) is 6.29 Å². The van der Waals surface area contributed by atoms with E-state index in [9.17, 15) is 4.79 Å². The van der Waals surface area contributed by atoms with Crippen molar-refractivity contribution >= 4 is 18.0 Å². The first-order chi connectivity index (χ1) is 3.77. The molecule has 2 heteroatoms. The van der Waals surface area contributed by atoms with Crippen molar-refractivity contribution in [1.29, 1.82) is 0 Å². The molecule has 1 saturated heterocycles. The summed E-state index contributed by atoms with van der Waals surface area (Å²) < 4.78 is -0.0278. The summed E-state index contributed by atoms with van der Waals surface area (Å²) in [5, 5.41) is 0. The van der Waals surface area contributed by atoms with Gasteiger partial charge in [-0.15, -0.1) is 11.8 Å². The number of thioether (sulfide) groups is 1. The summed E-state index contributed by atoms with van der Waals surface area (Å²) in [7, 11) is 0. The SMILES string of the molecule is CC1(C=O)CCCS1. The van der Waals surface area contributed by atoms with Crippen LogP contribution in [0, 0.1) is 0 Å². The van der Waals surface area contributed by atoms with Crippen molar-refractivity contribution in [2.24, 2.45) is 0 Å². The van der Waals surface area contributed by atoms with Gasteiger partial charge in [0.15, 0.2) is 0 Å². The molecule has 0 N–H and O–H groups in total. The summed E-state index contributed by atoms with van der Waals surface area (Å²) in [5.74, 6) is 1.16. The minimum Gasteiger partial charge on any atom is -0.302 e. The molecule has 0 saturated carbocycles. The van der Waals surface area contributed by atoms with Gasteiger partial charge in [-0.2, -0.15) is 0 Å². The number of aldehydes is 1. The van der Waals surface area contributed by atoms with Gasteiger partial charge in [-0.3, -0.25) is 0 Å². The monoisotopic (exact) mass is 130 g/mol. The van der Waals surface area contributed by atoms with Crippen LogP contribution in [0.4, 0.5) is 0 Å². The Balaban J connectivity index is 2.52. The van der Waals surface area contributed by atoms with E-state index in [1.54, 1.807) is 11.8 Å². The van der Waals surface area contributed by atoms with Gasteiger partial charge >= 0.3 is 0 Å². The Kier molecular flexibility index (Phi) is 1.61. The van der Waals surface area contributed by atoms with E-state index in [-0.39, 0.29) is 4.75 Å². The molecule has 0 amide bonds. The molecular weight excluding hydrogens is 120 g/mol. The van der Waals surface area contributed by atoms with E-state index in [2.05, 4.69) is 0 Å². The highest BCUT2D eigenvalue weighted by Crippen LogP contribution is 2.35. The molecule has 0 aromatic rings. The molecule has 1 aliphatic rings. The maximum absolute atomic E-state index is 10.3. The van der Waals surface area contributed by atoms with Crippen molar-refractivity contribution in [3.05, 3.63) is 0 Å². The lowest BCUT2D eigenvalue weighted by Gasteiger charge is -2.11. The minimum atomic E-state index is -0.0278. The molecule has 1 heterocycles. The quantitative estimate of drug-likeness (QED) is 0.500. The van der Waals surface area contributed by atoms with Crippen LogP contribution in [0.5, 0.6) is 0 Å². The smallest absolute Gasteiger partial charge is 0.135 e. The van der Waals surface area contributed by atoms with Crippen LogP contribution < -0.4 is 0 Å². The second-order valence-electron chi connectivity index (χ2n) is 2.38. The van der Waals surface area contributed by atoms with Crippen LogP contribution in [0.1, 0.15) is 19.8 Å². The van der Waals surface area contributed by atoms with Crippen molar-refractivity contribution in [1.82, 2.24) is 0 Å². The van der Waals surface area contributed by atoms with Crippen LogP contribution in [0.3, 0.4) is 0 Å². The molecule has 0 aromatic heterocycles. The summed E-state index contributed by atoms with van der Waals surface area (Å²) in [6.45, 7) is 2.01. The maximum atomic E-state index is 10.3. The molecule has 1 fully saturated rings. The molecule has 0 radical (unpaired) electrons. The summed E-state index contributed by atoms with van der Waals surface area (Å²) in [4.78, 5) is 10.3. The highest BCUT2D eigenvalue weighted by Gasteiger charge is 2.28. The average Bonchev–Trinajstić information content (AvgIpc) is 2.17. The van der Waals surface area contributed by atoms with Gasteiger partial charge in [0.05, 0.1) is 4.75 Å². The molecule has 1 rings (SSSR count). The van der Waals surface area contributed by atoms with E-state index in [4.69, 9.17) is 0 Å². The van der Waals surface area contributed by atoms with Gasteiger partial charge in [-0.1, -0.05) is 0 Å². The van der Waals surface area contributed by atoms with Crippen LogP contribution in [-0.4, -0.2) is 16.8 Å². The third-order valence-electron chi connectivity index (χ3n) is 1.50. The summed E-state index contributed by atoms with van der Waals surface area (Å²) in [6.07, 6.45) is 3.35. The Morgan fingerprint density at radius 3 is 2.75 bits per heavy atom. The normalized spacial score (nSPS) is 37.6. The fourth-order valence-electron chi connectivity index (χ4n) is 0.894. The first kappa shape index (κ1) is 6.14. The predicted octanol–water partition coefficient (Wildman–Crippen LogP) is 1.47. The van der Waals surface area contributed by atoms with Crippen LogP contribution >= 0.6 is 11.8 Å². The zero-order valence-electron chi connectivity index (χ0n) is 5.02. The molecule has 46 valence electrons. The largest absolute Gasteiger partial charge is 0.302 e. The van der Waals surface area contributed by atoms with Crippen molar-refractivity contribution < 1.29 is 4.79 Å². The van der Waals surface area contributed by atoms with Gasteiger partial charge in [0, 0.05) is 0 Å². The van der Waals surface area contributed by atoms with Gasteiger partial charge in [0.2, 0.25) is 0 Å². The third-order valence-corrected chi connectivity index (χ3v) is 2.95. The number of carbonyl (C=O) groups is 1. The summed E-state index contributed by atoms with van der Waals surface area (Å²) in [6, 6.07) is 0. The Labute approximate surface area is 53.8 Å². The lowest BCUT2D eigenvalue weighted by Crippen LogP contribution is -2.16. The molecule has 0 aliphatic carbocycles. The number of carbonyl (C=O) groups excluding carboxylic acids is 1. The zero-order valence-corrected chi connectivity index (χ0v) is 5.83. The van der Waals surface area contributed by atoms with Crippen molar-refractivity contribution in [2.45, 2.75) is 24.5 Å². The molecule has 0 bridgehead atoms. The standard InChI is InChI=1S/C6H10OS/c1-6(5-7)3-2-4-8-6/h5H,2-4H2,1H3. The van der Waals surface area contributed by atoms with Crippen molar-refractivity contribution in [2.75, 3.05) is 5.75 Å². The first-order valence-corrected chi connectivity index (χ1v) is 3.86. The predicted molar refractivity (Wildman–Crippen MR) is 36.2 cm³/mol. The lowest BCUT2D eigenvalue weighted by atomic mass is 10.1. The van der Waals surface area contributed by atoms with E-state index >= 15 is 0 Å². The Hall–Kier alpha value is 0.0200. The average molecular weight is 130 g/mol. The Bertz CT molecular complexity index is 94.7. The Morgan fingerprint density at radius 1 is 1.75 bits per heavy atom. The third kappa shape index (κ3) is 1.05. The van der Waals surface area contributed by atoms with E-state index in [1.165, 1.54) is 6.42 Å². The van der Waals surface area contributed by atoms with E-state index < -0.39 is 0 Å². The second kappa shape index (κ2) is 2.09. The summed E-state index contributed by atoms with van der Waals surface area (Å²) in [5.41, 5.74) is 0. The summed E-state index contributed by atoms with van der Waals surface area (Å²) >= 11 is 1.78. The molecule has 0 aromatic carbocycles. The molecular formula is C6H10OS. The molecule has 1 nitrogen and oxygen atoms in total. The highest BCUT2D eigenvalue weighted by atomic mass is 32.2. The minimum absolute atomic E-state index is 0.0278. The van der Waals surface area contributed by atoms with Crippen LogP contribution in [0.15, 0.2) is 0 Å². The van der Waals surface area contributed by atoms with Crippen LogP contribution in [-0.2, 0) is 4.79 Å². The van der Waals surface area contributed by atoms with E-state index in [1.807, 2.05) is 6.92 Å². The molecule has 1 aliphatic heterocycles. The van der Waals surface area contributed by atoms with Crippen LogP contribution in [0.25, 0.3) is 0 Å². The topological polar surface area (TPSA) is 17.1 Å². The van der Waals surface area contributed by atoms with Gasteiger partial charge in [-0.05, 0) is 25.5 Å². The highest BCUT2D eigenvalue weighted by molar-refractivity contribution is 8.01. The fraction of sp³-hybridized carbons (Fsp3) is 0.833. The Morgan fingerprint density at radius 2 is 2.50 bits per heavy atom. The second-order valence-corrected chi connectivity index (χ2v) is 4.01. The molecule has 0 spiro atoms. The number of rotatable bonds is 1. The van der Waals surface area contributed by atoms with Gasteiger partial charge in [0.25, 0.3) is 0 Å². The van der Waals surface area contributed by atoms with E-state index in [0.29, 0.717) is 0 Å². The van der Waals surface area contributed by atoms with Crippen LogP contribution in [0.2, 0.25) is 0 Å². The first-order valence-electron chi connectivity index (χ1n) is 2.87. The zero-order chi connectivity index (χ0) is 6.04. The van der Waals surface area contributed by atoms with Crippen molar-refractivity contribution in [3.8, 4) is 0 Å². The molecule has 1 unspecified atom stereocenters. The lowest BCUT2D eigenvalue weighted by molar-refractivity contribution is -0.109. The maximum Gasteiger partial charge on any atom is 0.135 e. The van der Waals surface area contributed by atoms with Gasteiger partial charge < -0.3 is 4.79 Å².